The normalized spacial score (nSPS) is 29.8. The van der Waals surface area contributed by atoms with E-state index < -0.39 is 0 Å². The molecule has 1 aliphatic rings. The minimum atomic E-state index is -0.222. The lowest BCUT2D eigenvalue weighted by Gasteiger charge is -2.33. The predicted molar refractivity (Wildman–Crippen MR) is 44.0 cm³/mol. The van der Waals surface area contributed by atoms with Gasteiger partial charge >= 0.3 is 0 Å². The van der Waals surface area contributed by atoms with Crippen LogP contribution < -0.4 is 11.1 Å². The van der Waals surface area contributed by atoms with Gasteiger partial charge in [-0.3, -0.25) is 4.79 Å². The van der Waals surface area contributed by atoms with Gasteiger partial charge in [0, 0.05) is 6.54 Å². The second-order valence-corrected chi connectivity index (χ2v) is 4.04. The molecule has 1 fully saturated rings. The lowest BCUT2D eigenvalue weighted by molar-refractivity contribution is -0.120. The number of piperidine rings is 1. The maximum absolute atomic E-state index is 10.7. The molecule has 3 nitrogen and oxygen atoms in total. The van der Waals surface area contributed by atoms with Crippen molar-refractivity contribution in [3.05, 3.63) is 0 Å². The van der Waals surface area contributed by atoms with Gasteiger partial charge in [-0.1, -0.05) is 13.8 Å². The average Bonchev–Trinajstić information content (AvgIpc) is 1.86. The van der Waals surface area contributed by atoms with Crippen molar-refractivity contribution < 1.29 is 4.79 Å². The van der Waals surface area contributed by atoms with Gasteiger partial charge in [-0.2, -0.15) is 0 Å². The summed E-state index contributed by atoms with van der Waals surface area (Å²) in [5.41, 5.74) is 5.48. The Morgan fingerprint density at radius 3 is 2.64 bits per heavy atom. The van der Waals surface area contributed by atoms with Crippen LogP contribution in [-0.2, 0) is 4.79 Å². The summed E-state index contributed by atoms with van der Waals surface area (Å²) in [6, 6.07) is -0.0944. The van der Waals surface area contributed by atoms with E-state index in [4.69, 9.17) is 5.73 Å². The Balaban J connectivity index is 2.42. The highest BCUT2D eigenvalue weighted by atomic mass is 16.1. The number of carbonyl (C=O) groups is 1. The van der Waals surface area contributed by atoms with E-state index in [-0.39, 0.29) is 11.9 Å². The summed E-state index contributed by atoms with van der Waals surface area (Å²) in [5.74, 6) is -0.222. The van der Waals surface area contributed by atoms with Crippen LogP contribution in [0.2, 0.25) is 0 Å². The van der Waals surface area contributed by atoms with Crippen LogP contribution in [0.5, 0.6) is 0 Å². The van der Waals surface area contributed by atoms with E-state index in [1.165, 1.54) is 0 Å². The second kappa shape index (κ2) is 2.81. The number of hydrogen-bond donors (Lipinski definition) is 2. The third-order valence-electron chi connectivity index (χ3n) is 2.28. The molecule has 1 rings (SSSR count). The number of amides is 1. The van der Waals surface area contributed by atoms with Gasteiger partial charge in [0.2, 0.25) is 5.91 Å². The van der Waals surface area contributed by atoms with Gasteiger partial charge < -0.3 is 11.1 Å². The van der Waals surface area contributed by atoms with E-state index >= 15 is 0 Å². The molecule has 0 aromatic rings. The molecule has 0 unspecified atom stereocenters. The molecule has 64 valence electrons. The van der Waals surface area contributed by atoms with Crippen molar-refractivity contribution in [1.29, 1.82) is 0 Å². The molecule has 3 heteroatoms. The average molecular weight is 156 g/mol. The molecule has 1 amide bonds. The van der Waals surface area contributed by atoms with Crippen molar-refractivity contribution >= 4 is 5.91 Å². The van der Waals surface area contributed by atoms with Crippen molar-refractivity contribution in [3.63, 3.8) is 0 Å². The number of nitrogens with two attached hydrogens (primary N) is 1. The van der Waals surface area contributed by atoms with Crippen LogP contribution in [0.1, 0.15) is 26.7 Å². The monoisotopic (exact) mass is 156 g/mol. The summed E-state index contributed by atoms with van der Waals surface area (Å²) in [7, 11) is 0. The number of carbonyl (C=O) groups excluding carboxylic acids is 1. The molecule has 1 saturated heterocycles. The first kappa shape index (κ1) is 8.53. The van der Waals surface area contributed by atoms with E-state index in [9.17, 15) is 4.79 Å². The highest BCUT2D eigenvalue weighted by molar-refractivity contribution is 5.79. The van der Waals surface area contributed by atoms with E-state index in [0.717, 1.165) is 19.4 Å². The molecule has 0 aromatic heterocycles. The van der Waals surface area contributed by atoms with Gasteiger partial charge in [-0.25, -0.2) is 0 Å². The zero-order valence-electron chi connectivity index (χ0n) is 7.18. The van der Waals surface area contributed by atoms with Gasteiger partial charge in [-0.05, 0) is 18.3 Å². The smallest absolute Gasteiger partial charge is 0.234 e. The molecule has 0 radical (unpaired) electrons. The quantitative estimate of drug-likeness (QED) is 0.571. The molecule has 3 N–H and O–H groups in total. The second-order valence-electron chi connectivity index (χ2n) is 4.04. The molecule has 0 bridgehead atoms. The Morgan fingerprint density at radius 1 is 1.64 bits per heavy atom. The minimum Gasteiger partial charge on any atom is -0.368 e. The Labute approximate surface area is 67.3 Å². The van der Waals surface area contributed by atoms with Crippen molar-refractivity contribution in [3.8, 4) is 0 Å². The first-order chi connectivity index (χ1) is 5.01. The highest BCUT2D eigenvalue weighted by Crippen LogP contribution is 2.25. The van der Waals surface area contributed by atoms with Crippen LogP contribution in [0.15, 0.2) is 0 Å². The Kier molecular flexibility index (Phi) is 2.18. The first-order valence-corrected chi connectivity index (χ1v) is 4.04. The number of hydrogen-bond acceptors (Lipinski definition) is 2. The number of primary amides is 1. The summed E-state index contributed by atoms with van der Waals surface area (Å²) in [4.78, 5) is 10.7. The van der Waals surface area contributed by atoms with E-state index in [0.29, 0.717) is 5.41 Å². The Bertz CT molecular complexity index is 155. The Hall–Kier alpha value is -0.570. The zero-order valence-corrected chi connectivity index (χ0v) is 7.18. The van der Waals surface area contributed by atoms with E-state index in [1.54, 1.807) is 0 Å². The molecule has 0 aliphatic carbocycles. The van der Waals surface area contributed by atoms with Gasteiger partial charge in [0.1, 0.15) is 0 Å². The maximum Gasteiger partial charge on any atom is 0.234 e. The minimum absolute atomic E-state index is 0.0944. The van der Waals surface area contributed by atoms with Crippen molar-refractivity contribution in [2.45, 2.75) is 32.7 Å². The fourth-order valence-corrected chi connectivity index (χ4v) is 1.37. The molecular formula is C8H16N2O. The van der Waals surface area contributed by atoms with Gasteiger partial charge in [0.15, 0.2) is 0 Å². The summed E-state index contributed by atoms with van der Waals surface area (Å²) in [6.07, 6.45) is 1.95. The third kappa shape index (κ3) is 2.19. The predicted octanol–water partition coefficient (Wildman–Crippen LogP) is 0.250. The SMILES string of the molecule is CC1(C)CC[C@@H](C(N)=O)NC1. The number of nitrogens with one attached hydrogen (secondary N) is 1. The largest absolute Gasteiger partial charge is 0.368 e. The summed E-state index contributed by atoms with van der Waals surface area (Å²) in [6.45, 7) is 5.27. The lowest BCUT2D eigenvalue weighted by atomic mass is 9.82. The first-order valence-electron chi connectivity index (χ1n) is 4.04. The summed E-state index contributed by atoms with van der Waals surface area (Å²) in [5, 5.41) is 3.13. The molecule has 11 heavy (non-hydrogen) atoms. The molecule has 0 spiro atoms. The molecule has 1 heterocycles. The molecule has 1 atom stereocenters. The van der Waals surface area contributed by atoms with E-state index in [1.807, 2.05) is 0 Å². The molecule has 0 aromatic carbocycles. The highest BCUT2D eigenvalue weighted by Gasteiger charge is 2.28. The van der Waals surface area contributed by atoms with Crippen molar-refractivity contribution in [2.24, 2.45) is 11.1 Å². The van der Waals surface area contributed by atoms with Crippen LogP contribution in [0.25, 0.3) is 0 Å². The third-order valence-corrected chi connectivity index (χ3v) is 2.28. The fourth-order valence-electron chi connectivity index (χ4n) is 1.37. The standard InChI is InChI=1S/C8H16N2O/c1-8(2)4-3-6(7(9)11)10-5-8/h6,10H,3-5H2,1-2H3,(H2,9,11)/t6-/m0/s1. The van der Waals surface area contributed by atoms with E-state index in [2.05, 4.69) is 19.2 Å². The van der Waals surface area contributed by atoms with Crippen molar-refractivity contribution in [1.82, 2.24) is 5.32 Å². The van der Waals surface area contributed by atoms with Crippen molar-refractivity contribution in [2.75, 3.05) is 6.54 Å². The Morgan fingerprint density at radius 2 is 2.27 bits per heavy atom. The molecular weight excluding hydrogens is 140 g/mol. The van der Waals surface area contributed by atoms with Gasteiger partial charge in [-0.15, -0.1) is 0 Å². The lowest BCUT2D eigenvalue weighted by Crippen LogP contribution is -2.49. The summed E-state index contributed by atoms with van der Waals surface area (Å²) < 4.78 is 0. The summed E-state index contributed by atoms with van der Waals surface area (Å²) >= 11 is 0. The van der Waals surface area contributed by atoms with Gasteiger partial charge in [0.05, 0.1) is 6.04 Å². The molecule has 0 saturated carbocycles. The maximum atomic E-state index is 10.7. The fraction of sp³-hybridized carbons (Fsp3) is 0.875. The van der Waals surface area contributed by atoms with Crippen LogP contribution >= 0.6 is 0 Å². The van der Waals surface area contributed by atoms with Crippen LogP contribution in [-0.4, -0.2) is 18.5 Å². The topological polar surface area (TPSA) is 55.1 Å². The van der Waals surface area contributed by atoms with Crippen LogP contribution in [0.3, 0.4) is 0 Å². The van der Waals surface area contributed by atoms with Crippen LogP contribution in [0, 0.1) is 5.41 Å². The zero-order chi connectivity index (χ0) is 8.48. The number of rotatable bonds is 1. The van der Waals surface area contributed by atoms with Gasteiger partial charge in [0.25, 0.3) is 0 Å². The van der Waals surface area contributed by atoms with Crippen LogP contribution in [0.4, 0.5) is 0 Å². The molecule has 1 aliphatic heterocycles.